The van der Waals surface area contributed by atoms with Gasteiger partial charge in [-0.05, 0) is 55.7 Å². The average Bonchev–Trinajstić information content (AvgIpc) is 3.34. The maximum absolute atomic E-state index is 14.5. The number of fused-ring (bicyclic) bond motifs is 2. The normalized spacial score (nSPS) is 21.8. The second-order valence-corrected chi connectivity index (χ2v) is 8.28. The highest BCUT2D eigenvalue weighted by Gasteiger charge is 2.64. The Bertz CT molecular complexity index is 841. The van der Waals surface area contributed by atoms with Gasteiger partial charge < -0.3 is 4.74 Å². The Kier molecular flexibility index (Phi) is 3.87. The molecule has 2 aromatic rings. The molecule has 2 aromatic heterocycles. The number of carbonyl (C=O) groups excluding carboxylic acids is 1. The van der Waals surface area contributed by atoms with E-state index in [4.69, 9.17) is 9.72 Å². The second kappa shape index (κ2) is 5.73. The maximum Gasteiger partial charge on any atom is 0.348 e. The van der Waals surface area contributed by atoms with Crippen molar-refractivity contribution in [3.63, 3.8) is 0 Å². The predicted octanol–water partition coefficient (Wildman–Crippen LogP) is 5.01. The highest BCUT2D eigenvalue weighted by molar-refractivity contribution is 7.20. The molecule has 2 heterocycles. The molecule has 0 bridgehead atoms. The Labute approximate surface area is 149 Å². The van der Waals surface area contributed by atoms with Gasteiger partial charge in [-0.2, -0.15) is 0 Å². The van der Waals surface area contributed by atoms with E-state index >= 15 is 0 Å². The topological polar surface area (TPSA) is 39.2 Å². The molecule has 1 saturated carbocycles. The van der Waals surface area contributed by atoms with Crippen molar-refractivity contribution >= 4 is 27.5 Å². The zero-order valence-corrected chi connectivity index (χ0v) is 15.2. The molecule has 25 heavy (non-hydrogen) atoms. The van der Waals surface area contributed by atoms with Gasteiger partial charge >= 0.3 is 5.97 Å². The van der Waals surface area contributed by atoms with Crippen molar-refractivity contribution in [2.24, 2.45) is 11.3 Å². The lowest BCUT2D eigenvalue weighted by Gasteiger charge is -2.36. The Morgan fingerprint density at radius 3 is 2.84 bits per heavy atom. The van der Waals surface area contributed by atoms with Gasteiger partial charge in [0, 0.05) is 22.9 Å². The molecule has 134 valence electrons. The van der Waals surface area contributed by atoms with E-state index < -0.39 is 11.3 Å². The zero-order valence-electron chi connectivity index (χ0n) is 14.4. The molecule has 6 heteroatoms. The molecular formula is C19H21F2NO2S. The number of methoxy groups -OCH3 is 1. The van der Waals surface area contributed by atoms with Gasteiger partial charge in [0.05, 0.1) is 7.11 Å². The van der Waals surface area contributed by atoms with Gasteiger partial charge in [0.25, 0.3) is 5.92 Å². The minimum atomic E-state index is -2.58. The summed E-state index contributed by atoms with van der Waals surface area (Å²) in [5, 5.41) is 0.900. The van der Waals surface area contributed by atoms with Gasteiger partial charge in [-0.15, -0.1) is 11.3 Å². The van der Waals surface area contributed by atoms with Crippen molar-refractivity contribution in [1.29, 1.82) is 0 Å². The van der Waals surface area contributed by atoms with E-state index in [1.165, 1.54) is 18.4 Å². The van der Waals surface area contributed by atoms with E-state index in [0.29, 0.717) is 24.1 Å². The van der Waals surface area contributed by atoms with Crippen LogP contribution in [0.3, 0.4) is 0 Å². The molecule has 0 aliphatic heterocycles. The summed E-state index contributed by atoms with van der Waals surface area (Å²) in [6, 6.07) is 3.82. The molecule has 1 fully saturated rings. The van der Waals surface area contributed by atoms with Crippen LogP contribution < -0.4 is 0 Å². The molecule has 0 radical (unpaired) electrons. The largest absolute Gasteiger partial charge is 0.465 e. The summed E-state index contributed by atoms with van der Waals surface area (Å²) in [7, 11) is 1.36. The highest BCUT2D eigenvalue weighted by Crippen LogP contribution is 2.65. The molecule has 0 unspecified atom stereocenters. The number of aryl methyl sites for hydroxylation is 1. The third-order valence-electron chi connectivity index (χ3n) is 6.00. The third-order valence-corrected chi connectivity index (χ3v) is 7.03. The molecule has 3 nitrogen and oxygen atoms in total. The molecule has 4 rings (SSSR count). The highest BCUT2D eigenvalue weighted by atomic mass is 32.1. The summed E-state index contributed by atoms with van der Waals surface area (Å²) < 4.78 is 33.7. The predicted molar refractivity (Wildman–Crippen MR) is 93.4 cm³/mol. The van der Waals surface area contributed by atoms with E-state index in [1.54, 1.807) is 13.0 Å². The number of hydrogen-bond donors (Lipinski definition) is 0. The lowest BCUT2D eigenvalue weighted by molar-refractivity contribution is -0.102. The number of aromatic nitrogens is 1. The number of ether oxygens (including phenoxy) is 1. The first-order valence-corrected chi connectivity index (χ1v) is 9.60. The number of esters is 1. The van der Waals surface area contributed by atoms with Gasteiger partial charge in [0.1, 0.15) is 9.71 Å². The van der Waals surface area contributed by atoms with E-state index in [1.807, 2.05) is 6.07 Å². The summed E-state index contributed by atoms with van der Waals surface area (Å²) in [6.07, 6.45) is 3.36. The molecule has 1 atom stereocenters. The van der Waals surface area contributed by atoms with Gasteiger partial charge in [0.2, 0.25) is 0 Å². The Morgan fingerprint density at radius 2 is 2.20 bits per heavy atom. The van der Waals surface area contributed by atoms with Crippen LogP contribution in [0.5, 0.6) is 0 Å². The van der Waals surface area contributed by atoms with Crippen molar-refractivity contribution in [3.8, 4) is 0 Å². The molecule has 2 aliphatic rings. The fraction of sp³-hybridized carbons (Fsp3) is 0.579. The van der Waals surface area contributed by atoms with E-state index in [9.17, 15) is 13.6 Å². The number of nitrogens with zero attached hydrogens (tertiary/aromatic N) is 1. The van der Waals surface area contributed by atoms with Crippen LogP contribution in [0.4, 0.5) is 8.78 Å². The van der Waals surface area contributed by atoms with Crippen LogP contribution in [-0.2, 0) is 17.6 Å². The SMILES string of the molecule is CCC(F)(F)C1([C@H]2CCc3nc4sc(C(=O)OC)cc4cc3C2)CC1. The van der Waals surface area contributed by atoms with E-state index in [-0.39, 0.29) is 18.3 Å². The fourth-order valence-electron chi connectivity index (χ4n) is 4.36. The second-order valence-electron chi connectivity index (χ2n) is 7.24. The van der Waals surface area contributed by atoms with Crippen LogP contribution in [0, 0.1) is 11.3 Å². The number of thiophene rings is 1. The molecule has 0 amide bonds. The molecular weight excluding hydrogens is 344 g/mol. The van der Waals surface area contributed by atoms with Crippen molar-refractivity contribution in [3.05, 3.63) is 28.3 Å². The van der Waals surface area contributed by atoms with E-state index in [0.717, 1.165) is 34.3 Å². The lowest BCUT2D eigenvalue weighted by Crippen LogP contribution is -2.38. The van der Waals surface area contributed by atoms with Crippen molar-refractivity contribution in [2.45, 2.75) is 51.4 Å². The summed E-state index contributed by atoms with van der Waals surface area (Å²) in [5.74, 6) is -2.92. The molecule has 0 saturated heterocycles. The molecule has 0 aromatic carbocycles. The van der Waals surface area contributed by atoms with Crippen molar-refractivity contribution < 1.29 is 18.3 Å². The van der Waals surface area contributed by atoms with Crippen LogP contribution >= 0.6 is 11.3 Å². The van der Waals surface area contributed by atoms with Crippen LogP contribution in [-0.4, -0.2) is 24.0 Å². The summed E-state index contributed by atoms with van der Waals surface area (Å²) >= 11 is 1.32. The number of carbonyl (C=O) groups is 1. The number of rotatable bonds is 4. The first-order valence-electron chi connectivity index (χ1n) is 8.78. The maximum atomic E-state index is 14.5. The number of halogens is 2. The van der Waals surface area contributed by atoms with Gasteiger partial charge in [-0.1, -0.05) is 6.92 Å². The Morgan fingerprint density at radius 1 is 1.44 bits per heavy atom. The van der Waals surface area contributed by atoms with Crippen LogP contribution in [0.1, 0.15) is 53.5 Å². The monoisotopic (exact) mass is 365 g/mol. The Hall–Kier alpha value is -1.56. The first-order chi connectivity index (χ1) is 11.9. The van der Waals surface area contributed by atoms with Crippen LogP contribution in [0.25, 0.3) is 10.2 Å². The van der Waals surface area contributed by atoms with Crippen molar-refractivity contribution in [1.82, 2.24) is 4.98 Å². The quantitative estimate of drug-likeness (QED) is 0.715. The van der Waals surface area contributed by atoms with E-state index in [2.05, 4.69) is 0 Å². The van der Waals surface area contributed by atoms with Crippen LogP contribution in [0.2, 0.25) is 0 Å². The van der Waals surface area contributed by atoms with Crippen LogP contribution in [0.15, 0.2) is 12.1 Å². The number of hydrogen-bond acceptors (Lipinski definition) is 4. The molecule has 0 N–H and O–H groups in total. The first kappa shape index (κ1) is 16.9. The zero-order chi connectivity index (χ0) is 17.8. The fourth-order valence-corrected chi connectivity index (χ4v) is 5.31. The standard InChI is InChI=1S/C19H21F2NO2S/c1-3-19(20,21)18(6-7-18)13-4-5-14-11(9-13)8-12-10-15(17(23)24-2)25-16(12)22-14/h8,10,13H,3-7,9H2,1-2H3/t13-/m0/s1. The number of pyridine rings is 1. The summed E-state index contributed by atoms with van der Waals surface area (Å²) in [4.78, 5) is 17.8. The average molecular weight is 365 g/mol. The summed E-state index contributed by atoms with van der Waals surface area (Å²) in [6.45, 7) is 1.58. The molecule has 2 aliphatic carbocycles. The van der Waals surface area contributed by atoms with Gasteiger partial charge in [0.15, 0.2) is 0 Å². The number of alkyl halides is 2. The Balaban J connectivity index is 1.66. The minimum Gasteiger partial charge on any atom is -0.465 e. The van der Waals surface area contributed by atoms with Gasteiger partial charge in [-0.25, -0.2) is 18.6 Å². The third kappa shape index (κ3) is 2.57. The summed E-state index contributed by atoms with van der Waals surface area (Å²) in [5.41, 5.74) is 1.26. The molecule has 0 spiro atoms. The van der Waals surface area contributed by atoms with Gasteiger partial charge in [-0.3, -0.25) is 0 Å². The smallest absolute Gasteiger partial charge is 0.348 e. The minimum absolute atomic E-state index is 0.0212. The lowest BCUT2D eigenvalue weighted by atomic mass is 9.73. The van der Waals surface area contributed by atoms with Crippen molar-refractivity contribution in [2.75, 3.05) is 7.11 Å².